The highest BCUT2D eigenvalue weighted by atomic mass is 16.6. The van der Waals surface area contributed by atoms with E-state index in [9.17, 15) is 4.79 Å². The minimum Gasteiger partial charge on any atom is -0.410 e. The Morgan fingerprint density at radius 2 is 2.04 bits per heavy atom. The zero-order valence-electron chi connectivity index (χ0n) is 16.7. The number of unbranched alkanes of at least 4 members (excludes halogenated alkanes) is 4. The molecule has 3 rings (SSSR count). The van der Waals surface area contributed by atoms with Crippen molar-refractivity contribution >= 4 is 11.8 Å². The van der Waals surface area contributed by atoms with E-state index in [0.717, 1.165) is 25.8 Å². The standard InChI is InChI=1S/C21H33N3O2/c1-5-6-7-8-9-13-22-20(25)26-16-10-11-17-18(15-16)24(4)19-21(17,2)12-14-23(19)3/h10-11,15,19H,5-9,12-14H2,1-4H3,(H,22,25)/t19-,21+/m1/s1. The van der Waals surface area contributed by atoms with Crippen LogP contribution in [-0.4, -0.2) is 44.3 Å². The Kier molecular flexibility index (Phi) is 5.76. The van der Waals surface area contributed by atoms with Gasteiger partial charge in [0.15, 0.2) is 0 Å². The number of hydrogen-bond acceptors (Lipinski definition) is 4. The van der Waals surface area contributed by atoms with E-state index in [2.05, 4.69) is 49.1 Å². The highest BCUT2D eigenvalue weighted by molar-refractivity contribution is 5.72. The Hall–Kier alpha value is -1.75. The van der Waals surface area contributed by atoms with Crippen LogP contribution in [0.15, 0.2) is 18.2 Å². The van der Waals surface area contributed by atoms with Gasteiger partial charge in [-0.25, -0.2) is 4.79 Å². The van der Waals surface area contributed by atoms with Gasteiger partial charge in [-0.05, 0) is 31.5 Å². The van der Waals surface area contributed by atoms with Gasteiger partial charge in [-0.1, -0.05) is 45.6 Å². The SMILES string of the molecule is CCCCCCCNC(=O)Oc1ccc2c(c1)N(C)[C@H]1N(C)CC[C@@]21C. The van der Waals surface area contributed by atoms with E-state index in [4.69, 9.17) is 4.74 Å². The number of hydrogen-bond donors (Lipinski definition) is 1. The summed E-state index contributed by atoms with van der Waals surface area (Å²) in [7, 11) is 4.32. The van der Waals surface area contributed by atoms with Crippen molar-refractivity contribution in [2.45, 2.75) is 64.0 Å². The monoisotopic (exact) mass is 359 g/mol. The summed E-state index contributed by atoms with van der Waals surface area (Å²) < 4.78 is 5.51. The molecule has 2 heterocycles. The Morgan fingerprint density at radius 1 is 1.27 bits per heavy atom. The van der Waals surface area contributed by atoms with Gasteiger partial charge in [0.2, 0.25) is 0 Å². The Labute approximate surface area is 157 Å². The number of anilines is 1. The molecule has 26 heavy (non-hydrogen) atoms. The van der Waals surface area contributed by atoms with Crippen LogP contribution < -0.4 is 15.0 Å². The molecule has 5 nitrogen and oxygen atoms in total. The predicted octanol–water partition coefficient (Wildman–Crippen LogP) is 4.11. The molecule has 0 aromatic heterocycles. The molecule has 2 aliphatic heterocycles. The molecule has 0 spiro atoms. The topological polar surface area (TPSA) is 44.8 Å². The van der Waals surface area contributed by atoms with Crippen LogP contribution in [0, 0.1) is 0 Å². The number of carbonyl (C=O) groups is 1. The Morgan fingerprint density at radius 3 is 2.81 bits per heavy atom. The number of benzene rings is 1. The van der Waals surface area contributed by atoms with Crippen molar-refractivity contribution in [1.29, 1.82) is 0 Å². The predicted molar refractivity (Wildman–Crippen MR) is 106 cm³/mol. The first-order valence-electron chi connectivity index (χ1n) is 10.0. The molecule has 1 fully saturated rings. The van der Waals surface area contributed by atoms with Crippen molar-refractivity contribution in [2.75, 3.05) is 32.1 Å². The van der Waals surface area contributed by atoms with E-state index in [-0.39, 0.29) is 11.5 Å². The van der Waals surface area contributed by atoms with E-state index in [1.807, 2.05) is 12.1 Å². The lowest BCUT2D eigenvalue weighted by Crippen LogP contribution is -2.45. The maximum atomic E-state index is 12.0. The highest BCUT2D eigenvalue weighted by Gasteiger charge is 2.52. The lowest BCUT2D eigenvalue weighted by atomic mass is 9.81. The molecule has 0 saturated carbocycles. The summed E-state index contributed by atoms with van der Waals surface area (Å²) in [4.78, 5) is 16.8. The number of nitrogens with one attached hydrogen (secondary N) is 1. The van der Waals surface area contributed by atoms with E-state index >= 15 is 0 Å². The molecule has 2 aliphatic rings. The van der Waals surface area contributed by atoms with Crippen molar-refractivity contribution in [2.24, 2.45) is 0 Å². The van der Waals surface area contributed by atoms with Gasteiger partial charge in [0.1, 0.15) is 5.75 Å². The summed E-state index contributed by atoms with van der Waals surface area (Å²) in [6.07, 6.45) is 7.08. The molecule has 5 heteroatoms. The van der Waals surface area contributed by atoms with Gasteiger partial charge < -0.3 is 15.0 Å². The van der Waals surface area contributed by atoms with Gasteiger partial charge in [0, 0.05) is 37.3 Å². The summed E-state index contributed by atoms with van der Waals surface area (Å²) >= 11 is 0. The van der Waals surface area contributed by atoms with Gasteiger partial charge >= 0.3 is 6.09 Å². The summed E-state index contributed by atoms with van der Waals surface area (Å²) in [5.74, 6) is 0.616. The van der Waals surface area contributed by atoms with Crippen LogP contribution in [-0.2, 0) is 5.41 Å². The molecule has 144 valence electrons. The first kappa shape index (κ1) is 19.0. The van der Waals surface area contributed by atoms with Crippen molar-refractivity contribution < 1.29 is 9.53 Å². The molecule has 1 aromatic carbocycles. The maximum Gasteiger partial charge on any atom is 0.412 e. The average Bonchev–Trinajstić information content (AvgIpc) is 3.03. The number of carbonyl (C=O) groups excluding carboxylic acids is 1. The molecule has 1 amide bonds. The highest BCUT2D eigenvalue weighted by Crippen LogP contribution is 2.51. The number of amides is 1. The Balaban J connectivity index is 1.57. The number of likely N-dealkylation sites (tertiary alicyclic amines) is 1. The lowest BCUT2D eigenvalue weighted by molar-refractivity contribution is 0.200. The van der Waals surface area contributed by atoms with Gasteiger partial charge in [0.05, 0.1) is 6.17 Å². The quantitative estimate of drug-likeness (QED) is 0.744. The molecule has 0 unspecified atom stereocenters. The van der Waals surface area contributed by atoms with Gasteiger partial charge in [0.25, 0.3) is 0 Å². The smallest absolute Gasteiger partial charge is 0.410 e. The zero-order chi connectivity index (χ0) is 18.7. The summed E-state index contributed by atoms with van der Waals surface area (Å²) in [5, 5.41) is 2.86. The number of nitrogens with zero attached hydrogens (tertiary/aromatic N) is 2. The molecule has 1 aromatic rings. The molecular weight excluding hydrogens is 326 g/mol. The van der Waals surface area contributed by atoms with Gasteiger partial charge in [-0.3, -0.25) is 4.90 Å². The summed E-state index contributed by atoms with van der Waals surface area (Å²) in [5.41, 5.74) is 2.69. The average molecular weight is 360 g/mol. The molecule has 1 N–H and O–H groups in total. The van der Waals surface area contributed by atoms with Crippen molar-refractivity contribution in [3.05, 3.63) is 23.8 Å². The summed E-state index contributed by atoms with van der Waals surface area (Å²) in [6, 6.07) is 6.07. The second-order valence-corrected chi connectivity index (χ2v) is 8.04. The molecule has 2 atom stereocenters. The van der Waals surface area contributed by atoms with E-state index in [1.54, 1.807) is 0 Å². The van der Waals surface area contributed by atoms with Crippen LogP contribution in [0.25, 0.3) is 0 Å². The van der Waals surface area contributed by atoms with Crippen LogP contribution in [0.2, 0.25) is 0 Å². The van der Waals surface area contributed by atoms with Crippen LogP contribution in [0.1, 0.15) is 57.9 Å². The number of ether oxygens (including phenoxy) is 1. The summed E-state index contributed by atoms with van der Waals surface area (Å²) in [6.45, 7) is 6.34. The molecule has 0 aliphatic carbocycles. The van der Waals surface area contributed by atoms with Crippen LogP contribution >= 0.6 is 0 Å². The largest absolute Gasteiger partial charge is 0.412 e. The third-order valence-corrected chi connectivity index (χ3v) is 6.06. The lowest BCUT2D eigenvalue weighted by Gasteiger charge is -2.32. The minimum atomic E-state index is -0.357. The fourth-order valence-electron chi connectivity index (χ4n) is 4.69. The second-order valence-electron chi connectivity index (χ2n) is 8.04. The maximum absolute atomic E-state index is 12.0. The Bertz CT molecular complexity index is 648. The third kappa shape index (κ3) is 3.54. The van der Waals surface area contributed by atoms with E-state index in [0.29, 0.717) is 18.5 Å². The van der Waals surface area contributed by atoms with Gasteiger partial charge in [-0.2, -0.15) is 0 Å². The van der Waals surface area contributed by atoms with E-state index in [1.165, 1.54) is 30.5 Å². The zero-order valence-corrected chi connectivity index (χ0v) is 16.7. The fraction of sp³-hybridized carbons (Fsp3) is 0.667. The number of rotatable bonds is 7. The molecule has 1 saturated heterocycles. The van der Waals surface area contributed by atoms with Crippen LogP contribution in [0.3, 0.4) is 0 Å². The van der Waals surface area contributed by atoms with Crippen molar-refractivity contribution in [3.8, 4) is 5.75 Å². The first-order valence-corrected chi connectivity index (χ1v) is 10.0. The third-order valence-electron chi connectivity index (χ3n) is 6.06. The van der Waals surface area contributed by atoms with Crippen molar-refractivity contribution in [1.82, 2.24) is 10.2 Å². The van der Waals surface area contributed by atoms with Crippen molar-refractivity contribution in [3.63, 3.8) is 0 Å². The van der Waals surface area contributed by atoms with Crippen LogP contribution in [0.4, 0.5) is 10.5 Å². The van der Waals surface area contributed by atoms with Gasteiger partial charge in [-0.15, -0.1) is 0 Å². The first-order chi connectivity index (χ1) is 12.5. The minimum absolute atomic E-state index is 0.151. The number of fused-ring (bicyclic) bond motifs is 3. The van der Waals surface area contributed by atoms with Crippen LogP contribution in [0.5, 0.6) is 5.75 Å². The molecule has 0 bridgehead atoms. The normalized spacial score (nSPS) is 24.5. The molecular formula is C21H33N3O2. The number of likely N-dealkylation sites (N-methyl/N-ethyl adjacent to an activating group) is 2. The second kappa shape index (κ2) is 7.87. The molecule has 0 radical (unpaired) electrons. The van der Waals surface area contributed by atoms with E-state index < -0.39 is 0 Å². The fourth-order valence-corrected chi connectivity index (χ4v) is 4.69.